The smallest absolute Gasteiger partial charge is 0.407 e. The summed E-state index contributed by atoms with van der Waals surface area (Å²) in [6.07, 6.45) is -0.386. The molecule has 0 bridgehead atoms. The summed E-state index contributed by atoms with van der Waals surface area (Å²) < 4.78 is 25.0. The van der Waals surface area contributed by atoms with Crippen LogP contribution in [0.2, 0.25) is 0 Å². The Morgan fingerprint density at radius 2 is 1.25 bits per heavy atom. The van der Waals surface area contributed by atoms with Gasteiger partial charge < -0.3 is 39.2 Å². The van der Waals surface area contributed by atoms with Gasteiger partial charge in [0.15, 0.2) is 0 Å². The Balaban J connectivity index is 0.00000110. The molecule has 15 nitrogen and oxygen atoms in total. The Kier molecular flexibility index (Phi) is 30.0. The molecule has 0 saturated carbocycles. The fourth-order valence-corrected chi connectivity index (χ4v) is 5.04. The third kappa shape index (κ3) is 29.7. The van der Waals surface area contributed by atoms with Crippen molar-refractivity contribution in [2.75, 3.05) is 57.6 Å². The van der Waals surface area contributed by atoms with Crippen molar-refractivity contribution < 1.29 is 62.7 Å². The third-order valence-electron chi connectivity index (χ3n) is 6.19. The van der Waals surface area contributed by atoms with Crippen LogP contribution in [-0.4, -0.2) is 116 Å². The maximum Gasteiger partial charge on any atom is 0.407 e. The molecule has 2 rings (SSSR count). The lowest BCUT2D eigenvalue weighted by Gasteiger charge is -2.18. The van der Waals surface area contributed by atoms with Gasteiger partial charge in [0, 0.05) is 44.4 Å². The number of benzene rings is 2. The Morgan fingerprint density at radius 1 is 0.754 bits per heavy atom. The topological polar surface area (TPSA) is 213 Å². The first kappa shape index (κ1) is 51.8. The van der Waals surface area contributed by atoms with Crippen LogP contribution in [0, 0.1) is 0 Å². The average Bonchev–Trinajstić information content (AvgIpc) is 3.20. The molecule has 0 saturated heterocycles. The van der Waals surface area contributed by atoms with Gasteiger partial charge in [-0.2, -0.15) is 0 Å². The van der Waals surface area contributed by atoms with Gasteiger partial charge in [0.05, 0.1) is 32.4 Å². The fourth-order valence-electron chi connectivity index (χ4n) is 3.31. The molecule has 0 radical (unpaired) electrons. The molecular formula is C40H52N2O13S2. The number of amides is 1. The molecular weight excluding hydrogens is 781 g/mol. The zero-order chi connectivity index (χ0) is 42.8. The molecule has 3 N–H and O–H groups in total. The van der Waals surface area contributed by atoms with E-state index in [0.717, 1.165) is 9.79 Å². The number of alkyl carbamates (subject to hydrolysis) is 1. The Morgan fingerprint density at radius 3 is 1.74 bits per heavy atom. The van der Waals surface area contributed by atoms with Gasteiger partial charge in [-0.1, -0.05) is 56.1 Å². The number of aliphatic hydroxyl groups excluding tert-OH is 2. The Hall–Kier alpha value is -5.19. The first-order valence-electron chi connectivity index (χ1n) is 17.5. The highest BCUT2D eigenvalue weighted by molar-refractivity contribution is 7.99. The van der Waals surface area contributed by atoms with Crippen LogP contribution in [0.5, 0.6) is 0 Å². The molecule has 0 aliphatic rings. The maximum atomic E-state index is 12.1. The number of carbonyl (C=O) groups excluding carboxylic acids is 6. The van der Waals surface area contributed by atoms with Gasteiger partial charge in [-0.25, -0.2) is 29.0 Å². The molecule has 2 aromatic carbocycles. The average molecular weight is 833 g/mol. The number of hydrogen-bond acceptors (Lipinski definition) is 16. The van der Waals surface area contributed by atoms with Crippen LogP contribution in [0.3, 0.4) is 0 Å². The monoisotopic (exact) mass is 832 g/mol. The molecule has 0 aromatic heterocycles. The number of carbonyl (C=O) groups is 5. The predicted molar refractivity (Wildman–Crippen MR) is 216 cm³/mol. The highest BCUT2D eigenvalue weighted by atomic mass is 32.2. The number of thioether (sulfide) groups is 2. The van der Waals surface area contributed by atoms with Crippen LogP contribution < -0.4 is 5.32 Å². The van der Waals surface area contributed by atoms with E-state index in [1.165, 1.54) is 31.7 Å². The summed E-state index contributed by atoms with van der Waals surface area (Å²) in [5, 5.41) is 20.1. The van der Waals surface area contributed by atoms with Crippen molar-refractivity contribution in [3.8, 4) is 0 Å². The second kappa shape index (κ2) is 33.0. The van der Waals surface area contributed by atoms with E-state index in [-0.39, 0.29) is 63.7 Å². The second-order valence-electron chi connectivity index (χ2n) is 11.5. The molecule has 2 atom stereocenters. The van der Waals surface area contributed by atoms with Gasteiger partial charge >= 0.3 is 30.0 Å². The van der Waals surface area contributed by atoms with Crippen LogP contribution in [0.1, 0.15) is 33.6 Å². The zero-order valence-corrected chi connectivity index (χ0v) is 34.1. The van der Waals surface area contributed by atoms with E-state index in [1.54, 1.807) is 18.7 Å². The summed E-state index contributed by atoms with van der Waals surface area (Å²) in [5.41, 5.74) is 0.877. The minimum absolute atomic E-state index is 0.0326. The molecule has 0 heterocycles. The number of aliphatic hydroxyl groups is 2. The van der Waals surface area contributed by atoms with Crippen molar-refractivity contribution in [1.82, 2.24) is 5.32 Å². The van der Waals surface area contributed by atoms with E-state index in [1.807, 2.05) is 60.7 Å². The summed E-state index contributed by atoms with van der Waals surface area (Å²) in [6, 6.07) is 19.3. The largest absolute Gasteiger partial charge is 0.462 e. The summed E-state index contributed by atoms with van der Waals surface area (Å²) in [6.45, 7) is 15.0. The second-order valence-corrected chi connectivity index (χ2v) is 13.7. The molecule has 0 aliphatic heterocycles. The highest BCUT2D eigenvalue weighted by Gasteiger charge is 2.18. The van der Waals surface area contributed by atoms with Gasteiger partial charge in [0.2, 0.25) is 6.08 Å². The van der Waals surface area contributed by atoms with Crippen molar-refractivity contribution in [2.24, 2.45) is 4.99 Å². The normalized spacial score (nSPS) is 10.8. The quantitative estimate of drug-likeness (QED) is 0.0255. The molecule has 0 spiro atoms. The number of nitrogens with one attached hydrogen (secondary N) is 1. The van der Waals surface area contributed by atoms with Crippen molar-refractivity contribution in [2.45, 2.75) is 55.6 Å². The number of isocyanates is 1. The first-order chi connectivity index (χ1) is 27.2. The van der Waals surface area contributed by atoms with E-state index in [4.69, 9.17) is 29.2 Å². The summed E-state index contributed by atoms with van der Waals surface area (Å²) in [7, 11) is 0. The minimum atomic E-state index is -0.729. The number of esters is 4. The standard InChI is InChI=1S/C24H31NO8S.C9H12O2S.C7H9NO3/c1-17(2)22(27)30-13-8-11-21(26)32-15-19(16-34-20-9-6-5-7-10-20)33-24(29)25-12-14-31-23(28)18(3)4;10-6-8(11)7-12-9-4-2-1-3-5-9;1-6(2)7(10)11-4-3-8-5-9/h5-7,9-10,19H,1,3,8,11-16H2,2,4H3,(H,25,29);1-5,8,10-11H,6-7H2;1,3-4H2,2H3. The summed E-state index contributed by atoms with van der Waals surface area (Å²) in [5.74, 6) is -1.14. The van der Waals surface area contributed by atoms with Crippen molar-refractivity contribution >= 4 is 59.6 Å². The van der Waals surface area contributed by atoms with E-state index in [2.05, 4.69) is 34.8 Å². The van der Waals surface area contributed by atoms with E-state index >= 15 is 0 Å². The number of hydrogen-bond donors (Lipinski definition) is 3. The molecule has 2 aromatic rings. The predicted octanol–water partition coefficient (Wildman–Crippen LogP) is 5.01. The van der Waals surface area contributed by atoms with Gasteiger partial charge in [-0.3, -0.25) is 4.79 Å². The molecule has 312 valence electrons. The summed E-state index contributed by atoms with van der Waals surface area (Å²) >= 11 is 2.99. The lowest BCUT2D eigenvalue weighted by Crippen LogP contribution is -2.35. The van der Waals surface area contributed by atoms with Crippen LogP contribution in [0.25, 0.3) is 0 Å². The van der Waals surface area contributed by atoms with Crippen molar-refractivity contribution in [3.05, 3.63) is 97.1 Å². The minimum Gasteiger partial charge on any atom is -0.462 e. The molecule has 0 aliphatic carbocycles. The van der Waals surface area contributed by atoms with Gasteiger partial charge in [0.25, 0.3) is 0 Å². The number of rotatable bonds is 23. The number of aliphatic imine (C=N–C) groups is 1. The molecule has 2 unspecified atom stereocenters. The van der Waals surface area contributed by atoms with Crippen molar-refractivity contribution in [3.63, 3.8) is 0 Å². The lowest BCUT2D eigenvalue weighted by atomic mass is 10.3. The highest BCUT2D eigenvalue weighted by Crippen LogP contribution is 2.20. The molecule has 1 amide bonds. The molecule has 17 heteroatoms. The lowest BCUT2D eigenvalue weighted by molar-refractivity contribution is -0.148. The Bertz CT molecular complexity index is 1600. The fraction of sp³-hybridized carbons (Fsp3) is 0.400. The van der Waals surface area contributed by atoms with Gasteiger partial charge in [-0.15, -0.1) is 23.5 Å². The molecule has 0 fully saturated rings. The van der Waals surface area contributed by atoms with E-state index in [9.17, 15) is 28.8 Å². The van der Waals surface area contributed by atoms with Gasteiger partial charge in [-0.05, 0) is 51.5 Å². The first-order valence-corrected chi connectivity index (χ1v) is 19.4. The maximum absolute atomic E-state index is 12.1. The van der Waals surface area contributed by atoms with Crippen molar-refractivity contribution in [1.29, 1.82) is 0 Å². The van der Waals surface area contributed by atoms with Crippen LogP contribution in [0.4, 0.5) is 4.79 Å². The zero-order valence-electron chi connectivity index (χ0n) is 32.5. The third-order valence-corrected chi connectivity index (χ3v) is 8.49. The summed E-state index contributed by atoms with van der Waals surface area (Å²) in [4.78, 5) is 72.3. The van der Waals surface area contributed by atoms with E-state index < -0.39 is 42.2 Å². The van der Waals surface area contributed by atoms with Crippen LogP contribution in [0.15, 0.2) is 112 Å². The van der Waals surface area contributed by atoms with E-state index in [0.29, 0.717) is 23.5 Å². The SMILES string of the molecule is C=C(C)C(=O)OCCCC(=O)OCC(CSc1ccccc1)OC(=O)NCCOC(=O)C(=C)C.C=C(C)C(=O)OCCN=C=O.OCC(O)CSc1ccccc1. The number of ether oxygens (including phenoxy) is 5. The van der Waals surface area contributed by atoms with Gasteiger partial charge in [0.1, 0.15) is 25.9 Å². The Labute approximate surface area is 341 Å². The van der Waals surface area contributed by atoms with Crippen LogP contribution >= 0.6 is 23.5 Å². The molecule has 57 heavy (non-hydrogen) atoms. The van der Waals surface area contributed by atoms with Crippen LogP contribution in [-0.2, 0) is 47.7 Å². The number of nitrogens with zero attached hydrogens (tertiary/aromatic N) is 1.